The van der Waals surface area contributed by atoms with Crippen LogP contribution < -0.4 is 0 Å². The number of aliphatic hydroxyl groups is 1. The molecule has 0 radical (unpaired) electrons. The van der Waals surface area contributed by atoms with E-state index >= 15 is 0 Å². The summed E-state index contributed by atoms with van der Waals surface area (Å²) in [6.07, 6.45) is 5.84. The van der Waals surface area contributed by atoms with E-state index < -0.39 is 0 Å². The molecule has 70 valence electrons. The largest absolute Gasteiger partial charge is 0.516 e. The Morgan fingerprint density at radius 1 is 1.23 bits per heavy atom. The first-order chi connectivity index (χ1) is 6.04. The van der Waals surface area contributed by atoms with E-state index in [1.54, 1.807) is 12.4 Å². The smallest absolute Gasteiger partial charge is 0.0843 e. The van der Waals surface area contributed by atoms with Crippen LogP contribution in [0.3, 0.4) is 0 Å². The van der Waals surface area contributed by atoms with Crippen molar-refractivity contribution < 1.29 is 5.11 Å². The van der Waals surface area contributed by atoms with Crippen molar-refractivity contribution in [3.05, 3.63) is 30.0 Å². The maximum Gasteiger partial charge on any atom is 0.0843 e. The number of aliphatic hydroxyl groups excluding tert-OH is 1. The standard InChI is InChI=1S/C10H14N2O/c1-10(2,3)9-7-11-8(4-5-13)6-12-9/h4-7,13H,1-3H3/b5-4-. The van der Waals surface area contributed by atoms with Crippen LogP contribution >= 0.6 is 0 Å². The molecule has 1 aromatic rings. The summed E-state index contributed by atoms with van der Waals surface area (Å²) in [5.41, 5.74) is 1.63. The summed E-state index contributed by atoms with van der Waals surface area (Å²) < 4.78 is 0. The van der Waals surface area contributed by atoms with E-state index in [0.29, 0.717) is 5.69 Å². The highest BCUT2D eigenvalue weighted by atomic mass is 16.2. The van der Waals surface area contributed by atoms with Gasteiger partial charge in [0.05, 0.1) is 23.8 Å². The van der Waals surface area contributed by atoms with Crippen LogP contribution in [0.15, 0.2) is 18.7 Å². The van der Waals surface area contributed by atoms with Crippen molar-refractivity contribution in [3.63, 3.8) is 0 Å². The third-order valence-electron chi connectivity index (χ3n) is 1.69. The normalized spacial score (nSPS) is 12.2. The molecule has 0 unspecified atom stereocenters. The van der Waals surface area contributed by atoms with Crippen molar-refractivity contribution >= 4 is 6.08 Å². The number of hydrogen-bond donors (Lipinski definition) is 1. The maximum absolute atomic E-state index is 8.50. The summed E-state index contributed by atoms with van der Waals surface area (Å²) >= 11 is 0. The Kier molecular flexibility index (Phi) is 2.66. The van der Waals surface area contributed by atoms with Gasteiger partial charge in [-0.3, -0.25) is 9.97 Å². The van der Waals surface area contributed by atoms with Crippen LogP contribution in [0.2, 0.25) is 0 Å². The van der Waals surface area contributed by atoms with Crippen LogP contribution in [0.1, 0.15) is 32.2 Å². The number of nitrogens with zero attached hydrogens (tertiary/aromatic N) is 2. The average Bonchev–Trinajstić information content (AvgIpc) is 2.04. The highest BCUT2D eigenvalue weighted by molar-refractivity contribution is 5.41. The number of hydrogen-bond acceptors (Lipinski definition) is 3. The maximum atomic E-state index is 8.50. The summed E-state index contributed by atoms with van der Waals surface area (Å²) in [5, 5.41) is 8.50. The molecular weight excluding hydrogens is 164 g/mol. The van der Waals surface area contributed by atoms with Crippen LogP contribution in [0.5, 0.6) is 0 Å². The third-order valence-corrected chi connectivity index (χ3v) is 1.69. The Morgan fingerprint density at radius 3 is 2.31 bits per heavy atom. The van der Waals surface area contributed by atoms with Crippen LogP contribution in [0.4, 0.5) is 0 Å². The zero-order valence-corrected chi connectivity index (χ0v) is 8.15. The molecule has 0 aliphatic carbocycles. The van der Waals surface area contributed by atoms with Gasteiger partial charge < -0.3 is 5.11 Å². The fourth-order valence-electron chi connectivity index (χ4n) is 0.888. The molecule has 0 atom stereocenters. The van der Waals surface area contributed by atoms with Crippen molar-refractivity contribution in [2.75, 3.05) is 0 Å². The molecule has 3 heteroatoms. The van der Waals surface area contributed by atoms with Crippen LogP contribution in [-0.4, -0.2) is 15.1 Å². The molecule has 3 nitrogen and oxygen atoms in total. The second-order valence-corrected chi connectivity index (χ2v) is 3.89. The van der Waals surface area contributed by atoms with E-state index in [1.807, 2.05) is 0 Å². The van der Waals surface area contributed by atoms with Gasteiger partial charge in [-0.15, -0.1) is 0 Å². The molecular formula is C10H14N2O. The molecule has 0 aromatic carbocycles. The molecule has 1 rings (SSSR count). The molecule has 0 aliphatic rings. The van der Waals surface area contributed by atoms with Gasteiger partial charge in [0.25, 0.3) is 0 Å². The molecule has 0 bridgehead atoms. The van der Waals surface area contributed by atoms with Crippen LogP contribution in [0, 0.1) is 0 Å². The third kappa shape index (κ3) is 2.54. The first kappa shape index (κ1) is 9.71. The SMILES string of the molecule is CC(C)(C)c1cnc(/C=C\O)cn1. The Balaban J connectivity index is 2.94. The predicted octanol–water partition coefficient (Wildman–Crippen LogP) is 2.30. The second kappa shape index (κ2) is 3.56. The average molecular weight is 178 g/mol. The number of aromatic nitrogens is 2. The Bertz CT molecular complexity index is 296. The molecule has 0 spiro atoms. The Labute approximate surface area is 78.2 Å². The minimum absolute atomic E-state index is 0.0223. The van der Waals surface area contributed by atoms with Crippen LogP contribution in [-0.2, 0) is 5.41 Å². The van der Waals surface area contributed by atoms with Crippen molar-refractivity contribution in [1.82, 2.24) is 9.97 Å². The van der Waals surface area contributed by atoms with E-state index in [1.165, 1.54) is 6.08 Å². The first-order valence-electron chi connectivity index (χ1n) is 4.17. The van der Waals surface area contributed by atoms with E-state index in [0.717, 1.165) is 12.0 Å². The second-order valence-electron chi connectivity index (χ2n) is 3.89. The summed E-state index contributed by atoms with van der Waals surface area (Å²) in [7, 11) is 0. The van der Waals surface area contributed by atoms with Gasteiger partial charge in [0, 0.05) is 11.6 Å². The lowest BCUT2D eigenvalue weighted by Gasteiger charge is -2.16. The van der Waals surface area contributed by atoms with E-state index in [9.17, 15) is 0 Å². The minimum Gasteiger partial charge on any atom is -0.516 e. The fraction of sp³-hybridized carbons (Fsp3) is 0.400. The molecule has 0 amide bonds. The quantitative estimate of drug-likeness (QED) is 0.671. The van der Waals surface area contributed by atoms with Gasteiger partial charge in [0.15, 0.2) is 0 Å². The van der Waals surface area contributed by atoms with Gasteiger partial charge in [0.2, 0.25) is 0 Å². The van der Waals surface area contributed by atoms with Gasteiger partial charge in [-0.2, -0.15) is 0 Å². The zero-order valence-electron chi connectivity index (χ0n) is 8.15. The van der Waals surface area contributed by atoms with Crippen molar-refractivity contribution in [2.24, 2.45) is 0 Å². The predicted molar refractivity (Wildman–Crippen MR) is 52.4 cm³/mol. The summed E-state index contributed by atoms with van der Waals surface area (Å²) in [6.45, 7) is 6.25. The molecule has 0 fully saturated rings. The van der Waals surface area contributed by atoms with Crippen molar-refractivity contribution in [2.45, 2.75) is 26.2 Å². The van der Waals surface area contributed by atoms with E-state index in [4.69, 9.17) is 5.11 Å². The van der Waals surface area contributed by atoms with Crippen LogP contribution in [0.25, 0.3) is 6.08 Å². The van der Waals surface area contributed by atoms with Gasteiger partial charge >= 0.3 is 0 Å². The molecule has 1 N–H and O–H groups in total. The fourth-order valence-corrected chi connectivity index (χ4v) is 0.888. The Hall–Kier alpha value is -1.38. The monoisotopic (exact) mass is 178 g/mol. The Morgan fingerprint density at radius 2 is 1.92 bits per heavy atom. The topological polar surface area (TPSA) is 46.0 Å². The molecule has 13 heavy (non-hydrogen) atoms. The van der Waals surface area contributed by atoms with Gasteiger partial charge in [-0.25, -0.2) is 0 Å². The highest BCUT2D eigenvalue weighted by Crippen LogP contribution is 2.18. The molecule has 0 saturated carbocycles. The zero-order chi connectivity index (χ0) is 9.90. The lowest BCUT2D eigenvalue weighted by Crippen LogP contribution is -2.13. The molecule has 1 heterocycles. The summed E-state index contributed by atoms with van der Waals surface area (Å²) in [5.74, 6) is 0. The number of rotatable bonds is 1. The van der Waals surface area contributed by atoms with E-state index in [2.05, 4.69) is 30.7 Å². The van der Waals surface area contributed by atoms with Gasteiger partial charge in [-0.1, -0.05) is 20.8 Å². The van der Waals surface area contributed by atoms with Crippen molar-refractivity contribution in [1.29, 1.82) is 0 Å². The first-order valence-corrected chi connectivity index (χ1v) is 4.17. The van der Waals surface area contributed by atoms with Gasteiger partial charge in [-0.05, 0) is 6.08 Å². The molecule has 0 saturated heterocycles. The summed E-state index contributed by atoms with van der Waals surface area (Å²) in [4.78, 5) is 8.37. The minimum atomic E-state index is 0.0223. The highest BCUT2D eigenvalue weighted by Gasteiger charge is 2.14. The lowest BCUT2D eigenvalue weighted by molar-refractivity contribution is 0.478. The van der Waals surface area contributed by atoms with Gasteiger partial charge in [0.1, 0.15) is 0 Å². The molecule has 0 aliphatic heterocycles. The van der Waals surface area contributed by atoms with E-state index in [-0.39, 0.29) is 5.41 Å². The van der Waals surface area contributed by atoms with Crippen molar-refractivity contribution in [3.8, 4) is 0 Å². The molecule has 1 aromatic heterocycles. The lowest BCUT2D eigenvalue weighted by atomic mass is 9.93. The summed E-state index contributed by atoms with van der Waals surface area (Å²) in [6, 6.07) is 0.